The predicted octanol–water partition coefficient (Wildman–Crippen LogP) is 5.56. The molecule has 1 aliphatic carbocycles. The maximum atomic E-state index is 12.5. The van der Waals surface area contributed by atoms with Crippen molar-refractivity contribution >= 4 is 5.91 Å². The van der Waals surface area contributed by atoms with E-state index in [1.54, 1.807) is 0 Å². The van der Waals surface area contributed by atoms with E-state index in [1.165, 1.54) is 70.6 Å². The van der Waals surface area contributed by atoms with Crippen molar-refractivity contribution in [1.29, 1.82) is 0 Å². The Labute approximate surface area is 132 Å². The van der Waals surface area contributed by atoms with E-state index < -0.39 is 0 Å². The van der Waals surface area contributed by atoms with Gasteiger partial charge in [0.2, 0.25) is 5.91 Å². The molecule has 0 bridgehead atoms. The van der Waals surface area contributed by atoms with Crippen LogP contribution >= 0.6 is 0 Å². The van der Waals surface area contributed by atoms with E-state index >= 15 is 0 Å². The number of carbonyl (C=O) groups excluding carboxylic acids is 1. The van der Waals surface area contributed by atoms with Crippen molar-refractivity contribution in [3.05, 3.63) is 0 Å². The summed E-state index contributed by atoms with van der Waals surface area (Å²) < 4.78 is 0. The lowest BCUT2D eigenvalue weighted by Gasteiger charge is -2.32. The average molecular weight is 296 g/mol. The lowest BCUT2D eigenvalue weighted by Crippen LogP contribution is -2.40. The third-order valence-corrected chi connectivity index (χ3v) is 4.83. The number of amides is 1. The molecule has 0 N–H and O–H groups in total. The molecule has 1 fully saturated rings. The van der Waals surface area contributed by atoms with Gasteiger partial charge in [-0.25, -0.2) is 0 Å². The molecule has 1 amide bonds. The summed E-state index contributed by atoms with van der Waals surface area (Å²) in [6.45, 7) is 6.52. The van der Waals surface area contributed by atoms with Crippen molar-refractivity contribution in [1.82, 2.24) is 4.90 Å². The topological polar surface area (TPSA) is 20.3 Å². The molecule has 0 radical (unpaired) electrons. The van der Waals surface area contributed by atoms with E-state index in [4.69, 9.17) is 0 Å². The minimum atomic E-state index is 0.372. The zero-order valence-corrected chi connectivity index (χ0v) is 14.5. The standard InChI is InChI=1S/C19H37NO/c1-3-5-7-9-11-16-20(17-12-10-8-6-4-2)19(21)18-14-13-15-18/h18H,3-17H2,1-2H3. The quantitative estimate of drug-likeness (QED) is 0.408. The largest absolute Gasteiger partial charge is 0.342 e. The van der Waals surface area contributed by atoms with E-state index in [0.29, 0.717) is 11.8 Å². The van der Waals surface area contributed by atoms with Gasteiger partial charge >= 0.3 is 0 Å². The second kappa shape index (κ2) is 12.1. The monoisotopic (exact) mass is 295 g/mol. The smallest absolute Gasteiger partial charge is 0.225 e. The van der Waals surface area contributed by atoms with Gasteiger partial charge < -0.3 is 4.90 Å². The summed E-state index contributed by atoms with van der Waals surface area (Å²) in [6, 6.07) is 0. The molecule has 124 valence electrons. The SMILES string of the molecule is CCCCCCCN(CCCCCCC)C(=O)C1CCC1. The molecule has 1 rings (SSSR count). The van der Waals surface area contributed by atoms with Gasteiger partial charge in [-0.3, -0.25) is 4.79 Å². The summed E-state index contributed by atoms with van der Waals surface area (Å²) in [5, 5.41) is 0. The van der Waals surface area contributed by atoms with E-state index in [0.717, 1.165) is 25.9 Å². The van der Waals surface area contributed by atoms with Gasteiger partial charge in [-0.05, 0) is 25.7 Å². The minimum Gasteiger partial charge on any atom is -0.342 e. The van der Waals surface area contributed by atoms with Crippen molar-refractivity contribution in [2.45, 2.75) is 97.3 Å². The minimum absolute atomic E-state index is 0.372. The van der Waals surface area contributed by atoms with Gasteiger partial charge in [0.25, 0.3) is 0 Å². The summed E-state index contributed by atoms with van der Waals surface area (Å²) in [4.78, 5) is 14.7. The molecule has 0 unspecified atom stereocenters. The highest BCUT2D eigenvalue weighted by atomic mass is 16.2. The van der Waals surface area contributed by atoms with E-state index in [1.807, 2.05) is 0 Å². The van der Waals surface area contributed by atoms with Crippen LogP contribution in [0.25, 0.3) is 0 Å². The van der Waals surface area contributed by atoms with Crippen molar-refractivity contribution in [3.8, 4) is 0 Å². The Morgan fingerprint density at radius 3 is 1.67 bits per heavy atom. The third kappa shape index (κ3) is 7.87. The highest BCUT2D eigenvalue weighted by Gasteiger charge is 2.28. The van der Waals surface area contributed by atoms with Crippen LogP contribution in [0.2, 0.25) is 0 Å². The van der Waals surface area contributed by atoms with Crippen LogP contribution in [0.3, 0.4) is 0 Å². The normalized spacial score (nSPS) is 15.0. The number of carbonyl (C=O) groups is 1. The molecule has 0 aromatic carbocycles. The number of unbranched alkanes of at least 4 members (excludes halogenated alkanes) is 8. The first-order valence-corrected chi connectivity index (χ1v) is 9.58. The summed E-state index contributed by atoms with van der Waals surface area (Å²) >= 11 is 0. The van der Waals surface area contributed by atoms with Gasteiger partial charge in [0.1, 0.15) is 0 Å². The first-order valence-electron chi connectivity index (χ1n) is 9.58. The Balaban J connectivity index is 2.22. The van der Waals surface area contributed by atoms with E-state index in [2.05, 4.69) is 18.7 Å². The number of hydrogen-bond acceptors (Lipinski definition) is 1. The summed E-state index contributed by atoms with van der Waals surface area (Å²) in [5.74, 6) is 0.837. The molecule has 0 aliphatic heterocycles. The van der Waals surface area contributed by atoms with Crippen molar-refractivity contribution in [2.24, 2.45) is 5.92 Å². The highest BCUT2D eigenvalue weighted by molar-refractivity contribution is 5.79. The van der Waals surface area contributed by atoms with Crippen LogP contribution in [0.4, 0.5) is 0 Å². The Kier molecular flexibility index (Phi) is 10.6. The molecule has 0 aromatic heterocycles. The lowest BCUT2D eigenvalue weighted by molar-refractivity contribution is -0.138. The van der Waals surface area contributed by atoms with Crippen LogP contribution < -0.4 is 0 Å². The fourth-order valence-electron chi connectivity index (χ4n) is 3.06. The second-order valence-electron chi connectivity index (χ2n) is 6.78. The first kappa shape index (κ1) is 18.5. The zero-order chi connectivity index (χ0) is 15.3. The molecule has 1 saturated carbocycles. The maximum Gasteiger partial charge on any atom is 0.225 e. The predicted molar refractivity (Wildman–Crippen MR) is 91.4 cm³/mol. The van der Waals surface area contributed by atoms with Gasteiger partial charge in [0.05, 0.1) is 0 Å². The molecule has 2 heteroatoms. The van der Waals surface area contributed by atoms with E-state index in [-0.39, 0.29) is 0 Å². The number of rotatable bonds is 13. The van der Waals surface area contributed by atoms with Crippen molar-refractivity contribution in [3.63, 3.8) is 0 Å². The summed E-state index contributed by atoms with van der Waals surface area (Å²) in [5.41, 5.74) is 0. The fourth-order valence-corrected chi connectivity index (χ4v) is 3.06. The Morgan fingerprint density at radius 2 is 1.29 bits per heavy atom. The summed E-state index contributed by atoms with van der Waals surface area (Å²) in [6.07, 6.45) is 16.5. The fraction of sp³-hybridized carbons (Fsp3) is 0.947. The molecule has 0 saturated heterocycles. The first-order chi connectivity index (χ1) is 10.3. The van der Waals surface area contributed by atoms with Crippen LogP contribution in [0.1, 0.15) is 97.3 Å². The van der Waals surface area contributed by atoms with E-state index in [9.17, 15) is 4.79 Å². The molecule has 21 heavy (non-hydrogen) atoms. The van der Waals surface area contributed by atoms with Crippen LogP contribution in [0.15, 0.2) is 0 Å². The number of nitrogens with zero attached hydrogens (tertiary/aromatic N) is 1. The van der Waals surface area contributed by atoms with Gasteiger partial charge in [0, 0.05) is 19.0 Å². The molecule has 0 aromatic rings. The van der Waals surface area contributed by atoms with Crippen molar-refractivity contribution < 1.29 is 4.79 Å². The Hall–Kier alpha value is -0.530. The molecule has 0 atom stereocenters. The second-order valence-corrected chi connectivity index (χ2v) is 6.78. The third-order valence-electron chi connectivity index (χ3n) is 4.83. The van der Waals surface area contributed by atoms with Gasteiger partial charge in [-0.1, -0.05) is 71.6 Å². The Bertz CT molecular complexity index is 246. The Morgan fingerprint density at radius 1 is 0.810 bits per heavy atom. The molecular formula is C19H37NO. The zero-order valence-electron chi connectivity index (χ0n) is 14.5. The van der Waals surface area contributed by atoms with Crippen LogP contribution in [-0.2, 0) is 4.79 Å². The average Bonchev–Trinajstić information content (AvgIpc) is 2.42. The van der Waals surface area contributed by atoms with Crippen LogP contribution in [0.5, 0.6) is 0 Å². The van der Waals surface area contributed by atoms with Gasteiger partial charge in [-0.2, -0.15) is 0 Å². The maximum absolute atomic E-state index is 12.5. The van der Waals surface area contributed by atoms with Gasteiger partial charge in [-0.15, -0.1) is 0 Å². The summed E-state index contributed by atoms with van der Waals surface area (Å²) in [7, 11) is 0. The molecule has 1 aliphatic rings. The molecular weight excluding hydrogens is 258 g/mol. The highest BCUT2D eigenvalue weighted by Crippen LogP contribution is 2.28. The number of hydrogen-bond donors (Lipinski definition) is 0. The molecule has 2 nitrogen and oxygen atoms in total. The lowest BCUT2D eigenvalue weighted by atomic mass is 9.84. The molecule has 0 spiro atoms. The van der Waals surface area contributed by atoms with Crippen LogP contribution in [-0.4, -0.2) is 23.9 Å². The molecule has 0 heterocycles. The van der Waals surface area contributed by atoms with Crippen molar-refractivity contribution in [2.75, 3.05) is 13.1 Å². The van der Waals surface area contributed by atoms with Gasteiger partial charge in [0.15, 0.2) is 0 Å². The van der Waals surface area contributed by atoms with Crippen LogP contribution in [0, 0.1) is 5.92 Å².